The lowest BCUT2D eigenvalue weighted by molar-refractivity contribution is 0.0689. The molecule has 19 heavy (non-hydrogen) atoms. The molecule has 1 heterocycles. The van der Waals surface area contributed by atoms with Gasteiger partial charge in [-0.05, 0) is 24.5 Å². The molecule has 0 amide bonds. The van der Waals surface area contributed by atoms with E-state index in [1.54, 1.807) is 10.7 Å². The number of rotatable bonds is 4. The average molecular weight is 278 g/mol. The highest BCUT2D eigenvalue weighted by Gasteiger charge is 2.30. The first-order valence-electron chi connectivity index (χ1n) is 6.07. The first-order chi connectivity index (χ1) is 9.16. The third-order valence-electron chi connectivity index (χ3n) is 3.20. The van der Waals surface area contributed by atoms with Crippen LogP contribution in [0.3, 0.4) is 0 Å². The van der Waals surface area contributed by atoms with E-state index in [4.69, 9.17) is 11.6 Å². The summed E-state index contributed by atoms with van der Waals surface area (Å²) in [5, 5.41) is 17.5. The normalized spacial score (nSPS) is 14.6. The van der Waals surface area contributed by atoms with Crippen LogP contribution in [0.25, 0.3) is 0 Å². The zero-order chi connectivity index (χ0) is 13.4. The Bertz CT molecular complexity index is 635. The molecule has 0 saturated heterocycles. The molecular weight excluding hydrogens is 266 g/mol. The summed E-state index contributed by atoms with van der Waals surface area (Å²) in [6, 6.07) is 7.70. The van der Waals surface area contributed by atoms with Crippen LogP contribution in [0.1, 0.15) is 40.6 Å². The summed E-state index contributed by atoms with van der Waals surface area (Å²) in [5.74, 6) is -1.05. The van der Waals surface area contributed by atoms with Crippen LogP contribution in [0.5, 0.6) is 0 Å². The summed E-state index contributed by atoms with van der Waals surface area (Å²) in [4.78, 5) is 11.2. The van der Waals surface area contributed by atoms with Crippen molar-refractivity contribution in [2.75, 3.05) is 0 Å². The monoisotopic (exact) mass is 277 g/mol. The molecule has 0 atom stereocenters. The van der Waals surface area contributed by atoms with Gasteiger partial charge in [-0.2, -0.15) is 0 Å². The number of aromatic carboxylic acids is 1. The molecule has 1 N–H and O–H groups in total. The SMILES string of the molecule is O=C(O)c1nnn(C2CC2)c1Cc1ccccc1Cl. The van der Waals surface area contributed by atoms with Crippen LogP contribution < -0.4 is 0 Å². The van der Waals surface area contributed by atoms with Crippen LogP contribution in [0.15, 0.2) is 24.3 Å². The minimum absolute atomic E-state index is 0.0202. The largest absolute Gasteiger partial charge is 0.476 e. The molecule has 1 aromatic carbocycles. The molecule has 0 unspecified atom stereocenters. The Kier molecular flexibility index (Phi) is 2.98. The summed E-state index contributed by atoms with van der Waals surface area (Å²) in [6.45, 7) is 0. The van der Waals surface area contributed by atoms with E-state index < -0.39 is 5.97 Å². The van der Waals surface area contributed by atoms with E-state index in [0.29, 0.717) is 17.1 Å². The Hall–Kier alpha value is -1.88. The molecular formula is C13H12ClN3O2. The van der Waals surface area contributed by atoms with Crippen LogP contribution in [-0.4, -0.2) is 26.1 Å². The van der Waals surface area contributed by atoms with Crippen molar-refractivity contribution in [3.05, 3.63) is 46.2 Å². The summed E-state index contributed by atoms with van der Waals surface area (Å²) < 4.78 is 1.73. The maximum atomic E-state index is 11.2. The maximum absolute atomic E-state index is 11.2. The lowest BCUT2D eigenvalue weighted by Gasteiger charge is -2.07. The predicted octanol–water partition coefficient (Wildman–Crippen LogP) is 2.56. The van der Waals surface area contributed by atoms with Gasteiger partial charge < -0.3 is 5.11 Å². The number of carboxylic acids is 1. The number of halogens is 1. The van der Waals surface area contributed by atoms with Gasteiger partial charge in [0.25, 0.3) is 0 Å². The third-order valence-corrected chi connectivity index (χ3v) is 3.57. The van der Waals surface area contributed by atoms with E-state index >= 15 is 0 Å². The summed E-state index contributed by atoms with van der Waals surface area (Å²) >= 11 is 6.12. The van der Waals surface area contributed by atoms with Crippen molar-refractivity contribution < 1.29 is 9.90 Å². The average Bonchev–Trinajstić information content (AvgIpc) is 3.13. The highest BCUT2D eigenvalue weighted by Crippen LogP contribution is 2.36. The van der Waals surface area contributed by atoms with E-state index in [1.807, 2.05) is 18.2 Å². The molecule has 5 nitrogen and oxygen atoms in total. The lowest BCUT2D eigenvalue weighted by Crippen LogP contribution is -2.08. The smallest absolute Gasteiger partial charge is 0.358 e. The molecule has 1 aliphatic carbocycles. The predicted molar refractivity (Wildman–Crippen MR) is 69.5 cm³/mol. The number of benzene rings is 1. The third kappa shape index (κ3) is 2.33. The van der Waals surface area contributed by atoms with Crippen molar-refractivity contribution in [2.24, 2.45) is 0 Å². The van der Waals surface area contributed by atoms with Gasteiger partial charge in [-0.1, -0.05) is 35.0 Å². The second-order valence-corrected chi connectivity index (χ2v) is 5.04. The number of aromatic nitrogens is 3. The Balaban J connectivity index is 2.01. The molecule has 1 aliphatic rings. The van der Waals surface area contributed by atoms with Gasteiger partial charge in [0, 0.05) is 11.4 Å². The van der Waals surface area contributed by atoms with Gasteiger partial charge >= 0.3 is 5.97 Å². The Morgan fingerprint density at radius 2 is 2.16 bits per heavy atom. The van der Waals surface area contributed by atoms with Gasteiger partial charge in [0.2, 0.25) is 0 Å². The molecule has 0 radical (unpaired) electrons. The lowest BCUT2D eigenvalue weighted by atomic mass is 10.1. The molecule has 0 aliphatic heterocycles. The fourth-order valence-corrected chi connectivity index (χ4v) is 2.28. The van der Waals surface area contributed by atoms with Crippen molar-refractivity contribution in [3.8, 4) is 0 Å². The molecule has 3 rings (SSSR count). The van der Waals surface area contributed by atoms with Crippen LogP contribution in [0, 0.1) is 0 Å². The first kappa shape index (κ1) is 12.2. The van der Waals surface area contributed by atoms with Crippen LogP contribution in [0.4, 0.5) is 0 Å². The van der Waals surface area contributed by atoms with Gasteiger partial charge in [0.1, 0.15) is 0 Å². The number of carbonyl (C=O) groups is 1. The van der Waals surface area contributed by atoms with E-state index in [-0.39, 0.29) is 11.7 Å². The molecule has 1 aromatic heterocycles. The fourth-order valence-electron chi connectivity index (χ4n) is 2.08. The van der Waals surface area contributed by atoms with E-state index in [2.05, 4.69) is 10.3 Å². The quantitative estimate of drug-likeness (QED) is 0.932. The van der Waals surface area contributed by atoms with Gasteiger partial charge in [0.15, 0.2) is 5.69 Å². The number of hydrogen-bond donors (Lipinski definition) is 1. The number of hydrogen-bond acceptors (Lipinski definition) is 3. The first-order valence-corrected chi connectivity index (χ1v) is 6.45. The second-order valence-electron chi connectivity index (χ2n) is 4.63. The summed E-state index contributed by atoms with van der Waals surface area (Å²) in [7, 11) is 0. The highest BCUT2D eigenvalue weighted by molar-refractivity contribution is 6.31. The number of carboxylic acid groups (broad SMARTS) is 1. The highest BCUT2D eigenvalue weighted by atomic mass is 35.5. The van der Waals surface area contributed by atoms with E-state index in [1.165, 1.54) is 0 Å². The summed E-state index contributed by atoms with van der Waals surface area (Å²) in [6.07, 6.45) is 2.49. The summed E-state index contributed by atoms with van der Waals surface area (Å²) in [5.41, 5.74) is 1.53. The zero-order valence-corrected chi connectivity index (χ0v) is 10.8. The second kappa shape index (κ2) is 4.66. The molecule has 1 saturated carbocycles. The minimum Gasteiger partial charge on any atom is -0.476 e. The standard InChI is InChI=1S/C13H12ClN3O2/c14-10-4-2-1-3-8(10)7-11-12(13(18)19)15-16-17(11)9-5-6-9/h1-4,9H,5-7H2,(H,18,19). The van der Waals surface area contributed by atoms with E-state index in [0.717, 1.165) is 18.4 Å². The fraction of sp³-hybridized carbons (Fsp3) is 0.308. The van der Waals surface area contributed by atoms with Crippen LogP contribution in [-0.2, 0) is 6.42 Å². The van der Waals surface area contributed by atoms with E-state index in [9.17, 15) is 9.90 Å². The molecule has 1 fully saturated rings. The Labute approximate surface area is 114 Å². The molecule has 2 aromatic rings. The van der Waals surface area contributed by atoms with Gasteiger partial charge in [0.05, 0.1) is 11.7 Å². The molecule has 0 spiro atoms. The molecule has 6 heteroatoms. The Morgan fingerprint density at radius 1 is 1.42 bits per heavy atom. The zero-order valence-electron chi connectivity index (χ0n) is 10.1. The molecule has 0 bridgehead atoms. The molecule has 98 valence electrons. The van der Waals surface area contributed by atoms with Gasteiger partial charge in [-0.25, -0.2) is 9.48 Å². The topological polar surface area (TPSA) is 68.0 Å². The van der Waals surface area contributed by atoms with Crippen LogP contribution >= 0.6 is 11.6 Å². The number of nitrogens with zero attached hydrogens (tertiary/aromatic N) is 3. The van der Waals surface area contributed by atoms with Crippen LogP contribution in [0.2, 0.25) is 5.02 Å². The van der Waals surface area contributed by atoms with Gasteiger partial charge in [-0.15, -0.1) is 5.10 Å². The maximum Gasteiger partial charge on any atom is 0.358 e. The van der Waals surface area contributed by atoms with Gasteiger partial charge in [-0.3, -0.25) is 0 Å². The Morgan fingerprint density at radius 3 is 2.79 bits per heavy atom. The minimum atomic E-state index is -1.05. The van der Waals surface area contributed by atoms with Crippen molar-refractivity contribution in [2.45, 2.75) is 25.3 Å². The van der Waals surface area contributed by atoms with Crippen molar-refractivity contribution in [1.82, 2.24) is 15.0 Å². The van der Waals surface area contributed by atoms with Crippen molar-refractivity contribution >= 4 is 17.6 Å². The van der Waals surface area contributed by atoms with Crippen molar-refractivity contribution in [3.63, 3.8) is 0 Å². The van der Waals surface area contributed by atoms with Crippen molar-refractivity contribution in [1.29, 1.82) is 0 Å².